The predicted octanol–water partition coefficient (Wildman–Crippen LogP) is 2.28. The van der Waals surface area contributed by atoms with Crippen molar-refractivity contribution in [1.82, 2.24) is 14.7 Å². The number of carbonyl (C=O) groups excluding carboxylic acids is 3. The Balaban J connectivity index is 1.92. The summed E-state index contributed by atoms with van der Waals surface area (Å²) in [4.78, 5) is 46.6. The number of barbiturate groups is 1. The van der Waals surface area contributed by atoms with Crippen LogP contribution in [0.5, 0.6) is 0 Å². The molecule has 1 aromatic rings. The van der Waals surface area contributed by atoms with E-state index < -0.39 is 23.8 Å². The number of rotatable bonds is 5. The summed E-state index contributed by atoms with van der Waals surface area (Å²) < 4.78 is 0. The van der Waals surface area contributed by atoms with Gasteiger partial charge in [-0.2, -0.15) is 0 Å². The van der Waals surface area contributed by atoms with Crippen molar-refractivity contribution < 1.29 is 14.4 Å². The minimum Gasteiger partial charge on any atom is -0.301 e. The van der Waals surface area contributed by atoms with Crippen molar-refractivity contribution in [3.05, 3.63) is 34.9 Å². The number of nitrogens with zero attached hydrogens (tertiary/aromatic N) is 4. The number of piperidine rings is 1. The second kappa shape index (κ2) is 8.84. The smallest absolute Gasteiger partial charge is 0.301 e. The lowest BCUT2D eigenvalue weighted by Crippen LogP contribution is -2.59. The van der Waals surface area contributed by atoms with Gasteiger partial charge in [-0.05, 0) is 32.0 Å². The zero-order chi connectivity index (χ0) is 20.3. The zero-order valence-corrected chi connectivity index (χ0v) is 17.0. The van der Waals surface area contributed by atoms with Gasteiger partial charge >= 0.3 is 6.03 Å². The van der Waals surface area contributed by atoms with Crippen LogP contribution in [0.1, 0.15) is 24.8 Å². The van der Waals surface area contributed by atoms with Gasteiger partial charge in [-0.1, -0.05) is 36.2 Å². The summed E-state index contributed by atoms with van der Waals surface area (Å²) in [6.45, 7) is 3.29. The van der Waals surface area contributed by atoms with Gasteiger partial charge in [-0.3, -0.25) is 24.4 Å². The van der Waals surface area contributed by atoms with Gasteiger partial charge in [0.25, 0.3) is 0 Å². The molecule has 150 valence electrons. The highest BCUT2D eigenvalue weighted by molar-refractivity contribution is 6.38. The van der Waals surface area contributed by atoms with Gasteiger partial charge in [-0.15, -0.1) is 0 Å². The van der Waals surface area contributed by atoms with E-state index in [1.54, 1.807) is 24.3 Å². The fourth-order valence-corrected chi connectivity index (χ4v) is 3.87. The molecule has 0 saturated carbocycles. The first kappa shape index (κ1) is 20.5. The van der Waals surface area contributed by atoms with Gasteiger partial charge in [0.2, 0.25) is 11.8 Å². The summed E-state index contributed by atoms with van der Waals surface area (Å²) in [5.41, 5.74) is 0.870. The Morgan fingerprint density at radius 3 is 2.25 bits per heavy atom. The van der Waals surface area contributed by atoms with Gasteiger partial charge in [-0.25, -0.2) is 4.79 Å². The molecular weight excluding hydrogens is 380 g/mol. The maximum atomic E-state index is 12.8. The lowest BCUT2D eigenvalue weighted by Gasteiger charge is -2.33. The Bertz CT molecular complexity index is 780. The van der Waals surface area contributed by atoms with E-state index in [0.29, 0.717) is 22.8 Å². The van der Waals surface area contributed by atoms with E-state index in [1.807, 2.05) is 0 Å². The molecule has 0 N–H and O–H groups in total. The number of amides is 4. The van der Waals surface area contributed by atoms with Crippen molar-refractivity contribution in [3.8, 4) is 0 Å². The standard InChI is InChI=1S/C20H25ClN4O3/c1-23-18(26)16(19(27)24(2)20(23)28)17(14-8-4-5-9-15(14)21)22-10-13-25-11-6-3-7-12-25/h4-5,8-9,16H,3,6-7,10-13H2,1-2H3. The molecule has 0 atom stereocenters. The van der Waals surface area contributed by atoms with E-state index in [0.717, 1.165) is 29.4 Å². The molecule has 0 spiro atoms. The number of halogens is 1. The lowest BCUT2D eigenvalue weighted by molar-refractivity contribution is -0.144. The van der Waals surface area contributed by atoms with Gasteiger partial charge in [0.1, 0.15) is 0 Å². The third-order valence-electron chi connectivity index (χ3n) is 5.30. The van der Waals surface area contributed by atoms with Crippen LogP contribution in [0.3, 0.4) is 0 Å². The molecule has 2 heterocycles. The first-order chi connectivity index (χ1) is 13.4. The topological polar surface area (TPSA) is 73.3 Å². The maximum Gasteiger partial charge on any atom is 0.332 e. The number of urea groups is 1. The molecule has 2 fully saturated rings. The van der Waals surface area contributed by atoms with E-state index >= 15 is 0 Å². The van der Waals surface area contributed by atoms with Crippen molar-refractivity contribution in [1.29, 1.82) is 0 Å². The fraction of sp³-hybridized carbons (Fsp3) is 0.500. The average molecular weight is 405 g/mol. The Labute approximate surface area is 169 Å². The van der Waals surface area contributed by atoms with Crippen molar-refractivity contribution in [3.63, 3.8) is 0 Å². The first-order valence-electron chi connectivity index (χ1n) is 9.52. The Hall–Kier alpha value is -2.25. The Kier molecular flexibility index (Phi) is 6.46. The highest BCUT2D eigenvalue weighted by atomic mass is 35.5. The lowest BCUT2D eigenvalue weighted by atomic mass is 9.92. The van der Waals surface area contributed by atoms with E-state index in [-0.39, 0.29) is 0 Å². The van der Waals surface area contributed by atoms with Crippen molar-refractivity contribution in [2.24, 2.45) is 10.9 Å². The second-order valence-corrected chi connectivity index (χ2v) is 7.57. The van der Waals surface area contributed by atoms with Crippen molar-refractivity contribution in [2.45, 2.75) is 19.3 Å². The molecule has 8 heteroatoms. The van der Waals surface area contributed by atoms with Gasteiger partial charge in [0.15, 0.2) is 5.92 Å². The van der Waals surface area contributed by atoms with Crippen LogP contribution in [0.15, 0.2) is 29.3 Å². The van der Waals surface area contributed by atoms with Crippen LogP contribution in [0.4, 0.5) is 4.79 Å². The molecule has 2 aliphatic heterocycles. The molecule has 0 unspecified atom stereocenters. The van der Waals surface area contributed by atoms with Crippen LogP contribution in [0, 0.1) is 5.92 Å². The summed E-state index contributed by atoms with van der Waals surface area (Å²) in [6.07, 6.45) is 3.61. The molecule has 0 bridgehead atoms. The highest BCUT2D eigenvalue weighted by Gasteiger charge is 2.45. The molecule has 2 saturated heterocycles. The predicted molar refractivity (Wildman–Crippen MR) is 108 cm³/mol. The molecule has 2 aliphatic rings. The third-order valence-corrected chi connectivity index (χ3v) is 5.63. The highest BCUT2D eigenvalue weighted by Crippen LogP contribution is 2.25. The molecule has 0 aliphatic carbocycles. The maximum absolute atomic E-state index is 12.8. The minimum atomic E-state index is -1.17. The van der Waals surface area contributed by atoms with Gasteiger partial charge < -0.3 is 4.90 Å². The van der Waals surface area contributed by atoms with Crippen LogP contribution in [0.2, 0.25) is 5.02 Å². The minimum absolute atomic E-state index is 0.323. The summed E-state index contributed by atoms with van der Waals surface area (Å²) in [5.74, 6) is -2.33. The van der Waals surface area contributed by atoms with Crippen LogP contribution in [0.25, 0.3) is 0 Å². The van der Waals surface area contributed by atoms with Gasteiger partial charge in [0.05, 0.1) is 12.3 Å². The SMILES string of the molecule is CN1C(=O)C(C(=NCCN2CCCCC2)c2ccccc2Cl)C(=O)N(C)C1=O. The quantitative estimate of drug-likeness (QED) is 0.557. The summed E-state index contributed by atoms with van der Waals surface area (Å²) >= 11 is 6.35. The molecular formula is C20H25ClN4O3. The van der Waals surface area contributed by atoms with Crippen LogP contribution in [-0.2, 0) is 9.59 Å². The number of carbonyl (C=O) groups is 3. The molecule has 0 aromatic heterocycles. The Morgan fingerprint density at radius 2 is 1.64 bits per heavy atom. The van der Waals surface area contributed by atoms with Gasteiger partial charge in [0, 0.05) is 31.2 Å². The number of aliphatic imine (C=N–C) groups is 1. The number of hydrogen-bond acceptors (Lipinski definition) is 5. The third kappa shape index (κ3) is 4.10. The van der Waals surface area contributed by atoms with E-state index in [4.69, 9.17) is 11.6 Å². The average Bonchev–Trinajstić information content (AvgIpc) is 2.71. The molecule has 28 heavy (non-hydrogen) atoms. The molecule has 4 amide bonds. The van der Waals surface area contributed by atoms with Crippen LogP contribution < -0.4 is 0 Å². The van der Waals surface area contributed by atoms with Crippen molar-refractivity contribution in [2.75, 3.05) is 40.3 Å². The summed E-state index contributed by atoms with van der Waals surface area (Å²) in [7, 11) is 2.75. The monoisotopic (exact) mass is 404 g/mol. The zero-order valence-electron chi connectivity index (χ0n) is 16.2. The molecule has 1 aromatic carbocycles. The van der Waals surface area contributed by atoms with E-state index in [2.05, 4.69) is 9.89 Å². The molecule has 0 radical (unpaired) electrons. The Morgan fingerprint density at radius 1 is 1.04 bits per heavy atom. The van der Waals surface area contributed by atoms with E-state index in [9.17, 15) is 14.4 Å². The van der Waals surface area contributed by atoms with Crippen LogP contribution >= 0.6 is 11.6 Å². The molecule has 3 rings (SSSR count). The fourth-order valence-electron chi connectivity index (χ4n) is 3.64. The molecule has 7 nitrogen and oxygen atoms in total. The normalized spacial score (nSPS) is 20.2. The number of likely N-dealkylation sites (tertiary alicyclic amines) is 1. The summed E-state index contributed by atoms with van der Waals surface area (Å²) in [5, 5.41) is 0.419. The largest absolute Gasteiger partial charge is 0.332 e. The number of imide groups is 2. The number of benzene rings is 1. The van der Waals surface area contributed by atoms with Crippen LogP contribution in [-0.4, -0.2) is 78.5 Å². The van der Waals surface area contributed by atoms with Crippen molar-refractivity contribution >= 4 is 35.2 Å². The number of hydrogen-bond donors (Lipinski definition) is 0. The van der Waals surface area contributed by atoms with E-state index in [1.165, 1.54) is 33.4 Å². The second-order valence-electron chi connectivity index (χ2n) is 7.16. The summed E-state index contributed by atoms with van der Waals surface area (Å²) in [6, 6.07) is 6.38. The first-order valence-corrected chi connectivity index (χ1v) is 9.90.